The average Bonchev–Trinajstić information content (AvgIpc) is 3.67. The lowest BCUT2D eigenvalue weighted by molar-refractivity contribution is -0.149. The van der Waals surface area contributed by atoms with Crippen LogP contribution in [-0.4, -0.2) is 72.5 Å². The zero-order chi connectivity index (χ0) is 29.3. The van der Waals surface area contributed by atoms with Crippen LogP contribution in [0.25, 0.3) is 11.1 Å². The number of carbonyl (C=O) groups is 3. The molecule has 3 N–H and O–H groups in total. The Morgan fingerprint density at radius 1 is 0.976 bits per heavy atom. The molecule has 9 heteroatoms. The van der Waals surface area contributed by atoms with Crippen LogP contribution in [0.15, 0.2) is 78.9 Å². The monoisotopic (exact) mass is 569 g/mol. The molecule has 0 radical (unpaired) electrons. The number of carboxylic acid groups (broad SMARTS) is 1. The lowest BCUT2D eigenvalue weighted by atomic mass is 9.83. The number of carboxylic acids is 1. The maximum Gasteiger partial charge on any atom is 0.407 e. The van der Waals surface area contributed by atoms with E-state index in [1.54, 1.807) is 6.92 Å². The normalized spacial score (nSPS) is 25.0. The quantitative estimate of drug-likeness (QED) is 0.378. The van der Waals surface area contributed by atoms with Gasteiger partial charge >= 0.3 is 12.1 Å². The molecule has 2 amide bonds. The number of likely N-dealkylation sites (tertiary alicyclic amines) is 1. The van der Waals surface area contributed by atoms with E-state index in [2.05, 4.69) is 34.9 Å². The Morgan fingerprint density at radius 3 is 2.29 bits per heavy atom. The predicted octanol–water partition coefficient (Wildman–Crippen LogP) is 3.78. The molecule has 218 valence electrons. The van der Waals surface area contributed by atoms with Crippen LogP contribution >= 0.6 is 0 Å². The van der Waals surface area contributed by atoms with E-state index in [4.69, 9.17) is 9.47 Å². The molecule has 3 aromatic carbocycles. The molecule has 2 saturated heterocycles. The fraction of sp³-hybridized carbons (Fsp3) is 0.364. The minimum absolute atomic E-state index is 0.0522. The number of fused-ring (bicyclic) bond motifs is 3. The molecule has 3 unspecified atom stereocenters. The fourth-order valence-corrected chi connectivity index (χ4v) is 6.44. The van der Waals surface area contributed by atoms with Crippen molar-refractivity contribution >= 4 is 18.0 Å². The lowest BCUT2D eigenvalue weighted by Crippen LogP contribution is -2.62. The number of benzene rings is 3. The molecule has 0 saturated carbocycles. The number of nitrogens with one attached hydrogen (secondary N) is 2. The molecule has 0 aromatic heterocycles. The summed E-state index contributed by atoms with van der Waals surface area (Å²) in [5.74, 6) is -1.63. The summed E-state index contributed by atoms with van der Waals surface area (Å²) in [5.41, 5.74) is 2.98. The van der Waals surface area contributed by atoms with Crippen LogP contribution in [0.2, 0.25) is 0 Å². The summed E-state index contributed by atoms with van der Waals surface area (Å²) < 4.78 is 11.3. The van der Waals surface area contributed by atoms with Crippen molar-refractivity contribution in [1.82, 2.24) is 15.5 Å². The summed E-state index contributed by atoms with van der Waals surface area (Å²) >= 11 is 0. The first kappa shape index (κ1) is 27.9. The minimum Gasteiger partial charge on any atom is -0.479 e. The van der Waals surface area contributed by atoms with Gasteiger partial charge in [-0.2, -0.15) is 0 Å². The zero-order valence-corrected chi connectivity index (χ0v) is 23.5. The summed E-state index contributed by atoms with van der Waals surface area (Å²) in [7, 11) is 0. The highest BCUT2D eigenvalue weighted by molar-refractivity contribution is 5.91. The highest BCUT2D eigenvalue weighted by Crippen LogP contribution is 2.44. The van der Waals surface area contributed by atoms with Crippen molar-refractivity contribution < 1.29 is 29.0 Å². The van der Waals surface area contributed by atoms with E-state index in [1.807, 2.05) is 59.5 Å². The molecule has 42 heavy (non-hydrogen) atoms. The van der Waals surface area contributed by atoms with E-state index in [0.717, 1.165) is 27.8 Å². The Bertz CT molecular complexity index is 1450. The first-order chi connectivity index (χ1) is 20.3. The molecule has 2 fully saturated rings. The Hall–Kier alpha value is -4.21. The van der Waals surface area contributed by atoms with Gasteiger partial charge in [0.05, 0.1) is 24.7 Å². The van der Waals surface area contributed by atoms with Crippen LogP contribution in [0.1, 0.15) is 36.0 Å². The third kappa shape index (κ3) is 5.14. The second-order valence-corrected chi connectivity index (χ2v) is 11.7. The number of nitrogens with zero attached hydrogens (tertiary/aromatic N) is 1. The topological polar surface area (TPSA) is 117 Å². The molecule has 3 aliphatic rings. The number of rotatable bonds is 8. The largest absolute Gasteiger partial charge is 0.479 e. The Kier molecular flexibility index (Phi) is 7.47. The van der Waals surface area contributed by atoms with Crippen LogP contribution in [-0.2, 0) is 25.6 Å². The summed E-state index contributed by atoms with van der Waals surface area (Å²) in [5, 5.41) is 15.9. The van der Waals surface area contributed by atoms with Crippen LogP contribution < -0.4 is 10.6 Å². The number of hydrogen-bond donors (Lipinski definition) is 3. The van der Waals surface area contributed by atoms with Gasteiger partial charge < -0.3 is 25.2 Å². The molecule has 9 nitrogen and oxygen atoms in total. The summed E-state index contributed by atoms with van der Waals surface area (Å²) in [4.78, 5) is 41.2. The number of aliphatic carboxylic acids is 1. The van der Waals surface area contributed by atoms with Crippen LogP contribution in [0, 0.1) is 5.41 Å². The third-order valence-corrected chi connectivity index (χ3v) is 8.97. The first-order valence-electron chi connectivity index (χ1n) is 14.3. The minimum atomic E-state index is -1.42. The van der Waals surface area contributed by atoms with Gasteiger partial charge in [-0.15, -0.1) is 0 Å². The predicted molar refractivity (Wildman–Crippen MR) is 156 cm³/mol. The van der Waals surface area contributed by atoms with Gasteiger partial charge in [0, 0.05) is 25.6 Å². The van der Waals surface area contributed by atoms with E-state index < -0.39 is 35.0 Å². The molecule has 6 rings (SSSR count). The van der Waals surface area contributed by atoms with Crippen molar-refractivity contribution in [3.63, 3.8) is 0 Å². The van der Waals surface area contributed by atoms with Crippen molar-refractivity contribution in [3.8, 4) is 11.1 Å². The van der Waals surface area contributed by atoms with E-state index in [9.17, 15) is 19.5 Å². The Balaban J connectivity index is 1.09. The highest BCUT2D eigenvalue weighted by atomic mass is 16.5. The van der Waals surface area contributed by atoms with Gasteiger partial charge in [0.25, 0.3) is 0 Å². The Morgan fingerprint density at radius 2 is 1.62 bits per heavy atom. The highest BCUT2D eigenvalue weighted by Gasteiger charge is 2.53. The zero-order valence-electron chi connectivity index (χ0n) is 23.5. The molecular weight excluding hydrogens is 534 g/mol. The lowest BCUT2D eigenvalue weighted by Gasteiger charge is -2.34. The number of ether oxygens (including phenoxy) is 2. The van der Waals surface area contributed by atoms with Crippen LogP contribution in [0.3, 0.4) is 0 Å². The molecule has 2 aliphatic heterocycles. The SMILES string of the molecule is CC1(C(=O)NC2(C(=O)O)CCN(Cc3ccccc3)C2)COCC1NC(=O)OCC1c2ccccc2-c2ccccc21. The van der Waals surface area contributed by atoms with E-state index >= 15 is 0 Å². The van der Waals surface area contributed by atoms with Crippen molar-refractivity contribution in [2.45, 2.75) is 37.4 Å². The van der Waals surface area contributed by atoms with Crippen LogP contribution in [0.4, 0.5) is 4.79 Å². The number of amides is 2. The summed E-state index contributed by atoms with van der Waals surface area (Å²) in [6, 6.07) is 25.3. The van der Waals surface area contributed by atoms with Crippen molar-refractivity contribution in [3.05, 3.63) is 95.6 Å². The maximum absolute atomic E-state index is 13.7. The Labute approximate surface area is 244 Å². The number of hydrogen-bond acceptors (Lipinski definition) is 6. The van der Waals surface area contributed by atoms with Crippen LogP contribution in [0.5, 0.6) is 0 Å². The second-order valence-electron chi connectivity index (χ2n) is 11.7. The maximum atomic E-state index is 13.7. The molecule has 3 atom stereocenters. The molecule has 1 aliphatic carbocycles. The standard InChI is InChI=1S/C33H35N3O6/c1-32(29(37)35-33(30(38)39)15-16-36(20-33)17-22-9-3-2-4-10-22)21-41-19-28(32)34-31(40)42-18-27-25-13-7-5-11-23(25)24-12-6-8-14-26(24)27/h2-14,27-28H,15-21H2,1H3,(H,34,40)(H,35,37)(H,38,39). The smallest absolute Gasteiger partial charge is 0.407 e. The second kappa shape index (κ2) is 11.2. The van der Waals surface area contributed by atoms with E-state index in [0.29, 0.717) is 13.1 Å². The van der Waals surface area contributed by atoms with Gasteiger partial charge in [-0.25, -0.2) is 9.59 Å². The molecule has 0 bridgehead atoms. The van der Waals surface area contributed by atoms with Gasteiger partial charge in [0.1, 0.15) is 6.61 Å². The van der Waals surface area contributed by atoms with Crippen molar-refractivity contribution in [2.75, 3.05) is 32.9 Å². The van der Waals surface area contributed by atoms with Gasteiger partial charge in [0.2, 0.25) is 5.91 Å². The molecule has 3 aromatic rings. The van der Waals surface area contributed by atoms with Gasteiger partial charge in [-0.05, 0) is 41.2 Å². The summed E-state index contributed by atoms with van der Waals surface area (Å²) in [6.45, 7) is 3.33. The fourth-order valence-electron chi connectivity index (χ4n) is 6.44. The number of alkyl carbamates (subject to hydrolysis) is 1. The molecule has 0 spiro atoms. The number of carbonyl (C=O) groups excluding carboxylic acids is 2. The van der Waals surface area contributed by atoms with Crippen molar-refractivity contribution in [1.29, 1.82) is 0 Å². The van der Waals surface area contributed by atoms with E-state index in [-0.39, 0.29) is 38.7 Å². The van der Waals surface area contributed by atoms with Gasteiger partial charge in [-0.3, -0.25) is 9.69 Å². The van der Waals surface area contributed by atoms with Gasteiger partial charge in [0.15, 0.2) is 5.54 Å². The van der Waals surface area contributed by atoms with Gasteiger partial charge in [-0.1, -0.05) is 78.9 Å². The van der Waals surface area contributed by atoms with Crippen molar-refractivity contribution in [2.24, 2.45) is 5.41 Å². The molecular formula is C33H35N3O6. The van der Waals surface area contributed by atoms with E-state index in [1.165, 1.54) is 0 Å². The molecule has 2 heterocycles. The summed E-state index contributed by atoms with van der Waals surface area (Å²) in [6.07, 6.45) is -0.364. The third-order valence-electron chi connectivity index (χ3n) is 8.97. The first-order valence-corrected chi connectivity index (χ1v) is 14.3. The average molecular weight is 570 g/mol.